The Balaban J connectivity index is 1.42. The van der Waals surface area contributed by atoms with Crippen molar-refractivity contribution >= 4 is 23.9 Å². The molecular formula is C44H51N3O10. The molecule has 0 bridgehead atoms. The Kier molecular flexibility index (Phi) is 17.2. The Hall–Kier alpha value is -5.44. The summed E-state index contributed by atoms with van der Waals surface area (Å²) in [6.45, 7) is 0.472. The predicted octanol–water partition coefficient (Wildman–Crippen LogP) is 4.89. The number of rotatable bonds is 21. The molecule has 1 fully saturated rings. The quantitative estimate of drug-likeness (QED) is 0.0403. The first-order valence-electron chi connectivity index (χ1n) is 19.0. The maximum absolute atomic E-state index is 13.7. The largest absolute Gasteiger partial charge is 0.460 e. The Labute approximate surface area is 333 Å². The summed E-state index contributed by atoms with van der Waals surface area (Å²) in [6, 6.07) is 37.2. The van der Waals surface area contributed by atoms with E-state index in [4.69, 9.17) is 18.9 Å². The zero-order valence-electron chi connectivity index (χ0n) is 32.1. The van der Waals surface area contributed by atoms with Gasteiger partial charge in [-0.3, -0.25) is 39.1 Å². The SMILES string of the molecule is O=C(CN1CCN(CC(=O)OCc2ccccc2)CC(CCCOO)(N(CC(=O)OCc2ccccc2)CC(=O)OCc2ccccc2)C1)OCc1ccccc1. The van der Waals surface area contributed by atoms with E-state index in [-0.39, 0.29) is 78.7 Å². The van der Waals surface area contributed by atoms with Gasteiger partial charge in [-0.15, -0.1) is 0 Å². The van der Waals surface area contributed by atoms with E-state index in [0.29, 0.717) is 19.5 Å². The summed E-state index contributed by atoms with van der Waals surface area (Å²) in [5.74, 6) is -2.09. The van der Waals surface area contributed by atoms with Gasteiger partial charge in [-0.2, -0.15) is 0 Å². The maximum Gasteiger partial charge on any atom is 0.320 e. The average Bonchev–Trinajstić information content (AvgIpc) is 3.41. The smallest absolute Gasteiger partial charge is 0.320 e. The normalized spacial score (nSPS) is 14.4. The fraction of sp³-hybridized carbons (Fsp3) is 0.364. The van der Waals surface area contributed by atoms with Crippen LogP contribution in [-0.2, 0) is 69.4 Å². The highest BCUT2D eigenvalue weighted by Crippen LogP contribution is 2.28. The fourth-order valence-electron chi connectivity index (χ4n) is 6.78. The van der Waals surface area contributed by atoms with Gasteiger partial charge in [0, 0.05) is 31.7 Å². The highest BCUT2D eigenvalue weighted by Gasteiger charge is 2.44. The Morgan fingerprint density at radius 2 is 0.860 bits per heavy atom. The molecule has 13 heteroatoms. The van der Waals surface area contributed by atoms with Crippen LogP contribution in [0.15, 0.2) is 121 Å². The molecule has 0 radical (unpaired) electrons. The van der Waals surface area contributed by atoms with Crippen molar-refractivity contribution in [1.82, 2.24) is 14.7 Å². The number of ether oxygens (including phenoxy) is 4. The van der Waals surface area contributed by atoms with Gasteiger partial charge in [0.05, 0.1) is 32.8 Å². The summed E-state index contributed by atoms with van der Waals surface area (Å²) < 4.78 is 22.8. The topological polar surface area (TPSA) is 144 Å². The van der Waals surface area contributed by atoms with Gasteiger partial charge in [-0.25, -0.2) is 4.89 Å². The summed E-state index contributed by atoms with van der Waals surface area (Å²) in [7, 11) is 0. The lowest BCUT2D eigenvalue weighted by atomic mass is 9.89. The monoisotopic (exact) mass is 781 g/mol. The van der Waals surface area contributed by atoms with Crippen LogP contribution in [0.25, 0.3) is 0 Å². The third-order valence-corrected chi connectivity index (χ3v) is 9.63. The Morgan fingerprint density at radius 1 is 0.526 bits per heavy atom. The number of hydrogen-bond acceptors (Lipinski definition) is 13. The maximum atomic E-state index is 13.7. The van der Waals surface area contributed by atoms with Gasteiger partial charge >= 0.3 is 23.9 Å². The zero-order valence-corrected chi connectivity index (χ0v) is 32.1. The zero-order chi connectivity index (χ0) is 40.1. The third-order valence-electron chi connectivity index (χ3n) is 9.63. The molecule has 5 rings (SSSR count). The van der Waals surface area contributed by atoms with Crippen LogP contribution < -0.4 is 0 Å². The third kappa shape index (κ3) is 14.9. The summed E-state index contributed by atoms with van der Waals surface area (Å²) in [6.07, 6.45) is 0.598. The van der Waals surface area contributed by atoms with E-state index in [9.17, 15) is 24.4 Å². The lowest BCUT2D eigenvalue weighted by Crippen LogP contribution is -2.62. The molecule has 0 unspecified atom stereocenters. The number of carbonyl (C=O) groups excluding carboxylic acids is 4. The molecule has 4 aromatic rings. The molecule has 1 aliphatic heterocycles. The average molecular weight is 782 g/mol. The molecule has 0 saturated carbocycles. The summed E-state index contributed by atoms with van der Waals surface area (Å²) >= 11 is 0. The van der Waals surface area contributed by atoms with Crippen molar-refractivity contribution in [3.63, 3.8) is 0 Å². The highest BCUT2D eigenvalue weighted by molar-refractivity contribution is 5.75. The Bertz CT molecular complexity index is 1690. The van der Waals surface area contributed by atoms with Gasteiger partial charge in [0.25, 0.3) is 0 Å². The first-order chi connectivity index (χ1) is 27.8. The number of esters is 4. The second-order valence-electron chi connectivity index (χ2n) is 14.0. The van der Waals surface area contributed by atoms with Crippen LogP contribution in [0.4, 0.5) is 0 Å². The fourth-order valence-corrected chi connectivity index (χ4v) is 6.78. The molecule has 1 aliphatic rings. The van der Waals surface area contributed by atoms with Crippen molar-refractivity contribution in [3.8, 4) is 0 Å². The van der Waals surface area contributed by atoms with Gasteiger partial charge in [-0.05, 0) is 35.1 Å². The minimum absolute atomic E-state index is 0.0239. The summed E-state index contributed by atoms with van der Waals surface area (Å²) in [5, 5.41) is 9.36. The van der Waals surface area contributed by atoms with Crippen molar-refractivity contribution < 1.29 is 48.3 Å². The van der Waals surface area contributed by atoms with Crippen molar-refractivity contribution in [2.24, 2.45) is 0 Å². The number of carbonyl (C=O) groups is 4. The molecule has 0 amide bonds. The van der Waals surface area contributed by atoms with Gasteiger partial charge in [-0.1, -0.05) is 121 Å². The van der Waals surface area contributed by atoms with Crippen molar-refractivity contribution in [1.29, 1.82) is 0 Å². The lowest BCUT2D eigenvalue weighted by Gasteiger charge is -2.45. The standard InChI is InChI=1S/C44H51N3O10/c48-40(53-30-36-14-5-1-6-15-36)26-45-23-24-46(27-41(49)54-31-37-16-7-2-8-17-37)35-44(34-45,22-13-25-57-52)47(28-42(50)55-32-38-18-9-3-10-19-38)29-43(51)56-33-39-20-11-4-12-21-39/h1-12,14-21,52H,13,22-35H2. The van der Waals surface area contributed by atoms with Gasteiger partial charge < -0.3 is 18.9 Å². The summed E-state index contributed by atoms with van der Waals surface area (Å²) in [5.41, 5.74) is 2.20. The van der Waals surface area contributed by atoms with Crippen LogP contribution in [0.3, 0.4) is 0 Å². The minimum Gasteiger partial charge on any atom is -0.460 e. The number of nitrogens with zero attached hydrogens (tertiary/aromatic N) is 3. The molecule has 302 valence electrons. The molecule has 0 aliphatic carbocycles. The molecule has 1 N–H and O–H groups in total. The van der Waals surface area contributed by atoms with E-state index in [0.717, 1.165) is 22.3 Å². The van der Waals surface area contributed by atoms with Crippen molar-refractivity contribution in [2.45, 2.75) is 44.8 Å². The Morgan fingerprint density at radius 3 is 1.19 bits per heavy atom. The molecule has 0 spiro atoms. The second-order valence-corrected chi connectivity index (χ2v) is 14.0. The molecular weight excluding hydrogens is 730 g/mol. The van der Waals surface area contributed by atoms with E-state index in [1.807, 2.05) is 131 Å². The summed E-state index contributed by atoms with van der Waals surface area (Å²) in [4.78, 5) is 64.1. The molecule has 1 heterocycles. The van der Waals surface area contributed by atoms with Gasteiger partial charge in [0.15, 0.2) is 0 Å². The van der Waals surface area contributed by atoms with E-state index in [1.54, 1.807) is 4.90 Å². The second kappa shape index (κ2) is 23.0. The molecule has 57 heavy (non-hydrogen) atoms. The lowest BCUT2D eigenvalue weighted by molar-refractivity contribution is -0.243. The van der Waals surface area contributed by atoms with Crippen molar-refractivity contribution in [2.75, 3.05) is 59.0 Å². The van der Waals surface area contributed by atoms with Crippen molar-refractivity contribution in [3.05, 3.63) is 144 Å². The molecule has 4 aromatic carbocycles. The van der Waals surface area contributed by atoms with E-state index >= 15 is 0 Å². The van der Waals surface area contributed by atoms with Crippen LogP contribution in [0.1, 0.15) is 35.1 Å². The van der Waals surface area contributed by atoms with Gasteiger partial charge in [0.1, 0.15) is 26.4 Å². The van der Waals surface area contributed by atoms with E-state index in [2.05, 4.69) is 4.89 Å². The first kappa shape index (κ1) is 42.7. The van der Waals surface area contributed by atoms with Crippen LogP contribution >= 0.6 is 0 Å². The number of hydrogen-bond donors (Lipinski definition) is 1. The predicted molar refractivity (Wildman–Crippen MR) is 210 cm³/mol. The van der Waals surface area contributed by atoms with Crippen LogP contribution in [0.5, 0.6) is 0 Å². The number of benzene rings is 4. The first-order valence-corrected chi connectivity index (χ1v) is 19.0. The van der Waals surface area contributed by atoms with E-state index in [1.165, 1.54) is 0 Å². The molecule has 0 aromatic heterocycles. The van der Waals surface area contributed by atoms with Crippen LogP contribution in [0.2, 0.25) is 0 Å². The minimum atomic E-state index is -1.08. The molecule has 0 atom stereocenters. The molecule has 13 nitrogen and oxygen atoms in total. The van der Waals surface area contributed by atoms with Crippen LogP contribution in [-0.4, -0.2) is 108 Å². The van der Waals surface area contributed by atoms with Gasteiger partial charge in [0.2, 0.25) is 0 Å². The highest BCUT2D eigenvalue weighted by atomic mass is 17.1. The van der Waals surface area contributed by atoms with Crippen LogP contribution in [0, 0.1) is 0 Å². The van der Waals surface area contributed by atoms with E-state index < -0.39 is 29.4 Å². The molecule has 1 saturated heterocycles.